The molecule has 2 aliphatic rings. The van der Waals surface area contributed by atoms with E-state index in [1.807, 2.05) is 41.1 Å². The number of alkyl halides is 1. The molecule has 254 valence electrons. The Kier molecular flexibility index (Phi) is 9.83. The zero-order chi connectivity index (χ0) is 33.9. The summed E-state index contributed by atoms with van der Waals surface area (Å²) in [6, 6.07) is 11.3. The second-order valence-electron chi connectivity index (χ2n) is 12.1. The first-order valence-corrected chi connectivity index (χ1v) is 16.1. The number of carbonyl (C=O) groups is 1. The molecule has 0 radical (unpaired) electrons. The molecule has 2 aromatic heterocycles. The van der Waals surface area contributed by atoms with E-state index in [4.69, 9.17) is 25.8 Å². The summed E-state index contributed by atoms with van der Waals surface area (Å²) in [7, 11) is 5.08. The van der Waals surface area contributed by atoms with Crippen LogP contribution in [0.2, 0.25) is 5.15 Å². The van der Waals surface area contributed by atoms with Gasteiger partial charge in [-0.05, 0) is 49.4 Å². The van der Waals surface area contributed by atoms with E-state index in [0.29, 0.717) is 78.4 Å². The van der Waals surface area contributed by atoms with E-state index in [1.54, 1.807) is 20.3 Å². The highest BCUT2D eigenvalue weighted by molar-refractivity contribution is 6.30. The van der Waals surface area contributed by atoms with E-state index in [-0.39, 0.29) is 36.1 Å². The average Bonchev–Trinajstić information content (AvgIpc) is 3.50. The van der Waals surface area contributed by atoms with Crippen LogP contribution >= 0.6 is 11.6 Å². The zero-order valence-corrected chi connectivity index (χ0v) is 27.7. The van der Waals surface area contributed by atoms with Gasteiger partial charge in [-0.25, -0.2) is 23.7 Å². The molecule has 2 fully saturated rings. The molecule has 48 heavy (non-hydrogen) atoms. The van der Waals surface area contributed by atoms with Gasteiger partial charge in [-0.3, -0.25) is 10.1 Å². The topological polar surface area (TPSA) is 137 Å². The number of rotatable bonds is 11. The van der Waals surface area contributed by atoms with Gasteiger partial charge in [-0.1, -0.05) is 11.6 Å². The first-order chi connectivity index (χ1) is 23.1. The molecule has 1 unspecified atom stereocenters. The number of halogens is 2. The first-order valence-electron chi connectivity index (χ1n) is 15.7. The SMILES string of the molecule is COc1ccc(CN(C)c2cc(Cl)nc3c2ncn3C(=O)N[C@@H]2CC[C@H]2OCc2cc(N3CCCC(F)C3)cc([N+](=O)[O-])c2)c(OC)c1. The molecule has 3 heterocycles. The minimum absolute atomic E-state index is 0.0724. The molecule has 3 atom stereocenters. The number of amides is 1. The molecule has 2 aromatic carbocycles. The van der Waals surface area contributed by atoms with Crippen molar-refractivity contribution in [2.24, 2.45) is 0 Å². The Morgan fingerprint density at radius 2 is 2.00 bits per heavy atom. The Labute approximate surface area is 281 Å². The lowest BCUT2D eigenvalue weighted by Gasteiger charge is -2.37. The van der Waals surface area contributed by atoms with Crippen LogP contribution in [0, 0.1) is 10.1 Å². The van der Waals surface area contributed by atoms with Crippen LogP contribution in [0.5, 0.6) is 11.5 Å². The summed E-state index contributed by atoms with van der Waals surface area (Å²) in [6.07, 6.45) is 2.73. The number of aromatic nitrogens is 3. The molecule has 1 aliphatic heterocycles. The first kappa shape index (κ1) is 33.2. The molecule has 1 N–H and O–H groups in total. The van der Waals surface area contributed by atoms with Crippen LogP contribution in [-0.2, 0) is 17.9 Å². The zero-order valence-electron chi connectivity index (χ0n) is 26.9. The lowest BCUT2D eigenvalue weighted by molar-refractivity contribution is -0.384. The van der Waals surface area contributed by atoms with Crippen LogP contribution in [-0.4, -0.2) is 78.2 Å². The fraction of sp³-hybridized carbons (Fsp3) is 0.424. The lowest BCUT2D eigenvalue weighted by atomic mass is 9.89. The van der Waals surface area contributed by atoms with Crippen molar-refractivity contribution in [1.82, 2.24) is 19.9 Å². The fourth-order valence-corrected chi connectivity index (χ4v) is 6.34. The Hall–Kier alpha value is -4.69. The number of pyridine rings is 1. The highest BCUT2D eigenvalue weighted by atomic mass is 35.5. The number of non-ortho nitro benzene ring substituents is 1. The number of benzene rings is 2. The van der Waals surface area contributed by atoms with Gasteiger partial charge in [0.05, 0.1) is 43.6 Å². The number of nitro groups is 1. The van der Waals surface area contributed by atoms with Gasteiger partial charge >= 0.3 is 6.03 Å². The minimum Gasteiger partial charge on any atom is -0.497 e. The predicted molar refractivity (Wildman–Crippen MR) is 179 cm³/mol. The van der Waals surface area contributed by atoms with Crippen molar-refractivity contribution in [1.29, 1.82) is 0 Å². The number of carbonyl (C=O) groups excluding carboxylic acids is 1. The van der Waals surface area contributed by atoms with Crippen molar-refractivity contribution in [2.75, 3.05) is 44.2 Å². The molecule has 4 aromatic rings. The minimum atomic E-state index is -0.966. The molecular weight excluding hydrogens is 645 g/mol. The maximum atomic E-state index is 14.1. The molecule has 1 amide bonds. The Morgan fingerprint density at radius 3 is 2.71 bits per heavy atom. The van der Waals surface area contributed by atoms with Gasteiger partial charge in [0.25, 0.3) is 5.69 Å². The summed E-state index contributed by atoms with van der Waals surface area (Å²) >= 11 is 6.43. The molecule has 1 saturated carbocycles. The van der Waals surface area contributed by atoms with Crippen molar-refractivity contribution in [2.45, 2.75) is 57.2 Å². The smallest absolute Gasteiger partial charge is 0.328 e. The number of piperidine rings is 1. The third-order valence-corrected chi connectivity index (χ3v) is 9.06. The number of nitro benzene ring substituents is 1. The summed E-state index contributed by atoms with van der Waals surface area (Å²) in [5.74, 6) is 1.35. The summed E-state index contributed by atoms with van der Waals surface area (Å²) in [4.78, 5) is 37.3. The fourth-order valence-electron chi connectivity index (χ4n) is 6.16. The average molecular weight is 682 g/mol. The summed E-state index contributed by atoms with van der Waals surface area (Å²) in [6.45, 7) is 1.41. The number of fused-ring (bicyclic) bond motifs is 1. The third-order valence-electron chi connectivity index (χ3n) is 8.87. The van der Waals surface area contributed by atoms with Crippen molar-refractivity contribution >= 4 is 45.9 Å². The highest BCUT2D eigenvalue weighted by Gasteiger charge is 2.34. The number of imidazole rings is 1. The summed E-state index contributed by atoms with van der Waals surface area (Å²) in [5, 5.41) is 14.8. The third kappa shape index (κ3) is 7.09. The standard InChI is InChI=1S/C33H37ClFN7O6/c1-39(16-21-6-7-25(46-2)14-29(21)47-3)27-15-30(34)38-32-31(27)36-19-41(32)33(43)37-26-8-9-28(26)48-18-20-11-23(13-24(12-20)42(44)45)40-10-4-5-22(35)17-40/h6-7,11-15,19,22,26,28H,4-5,8-10,16-18H2,1-3H3,(H,37,43)/t22?,26-,28-/m1/s1. The Bertz CT molecular complexity index is 1820. The van der Waals surface area contributed by atoms with Crippen molar-refractivity contribution in [3.8, 4) is 11.5 Å². The summed E-state index contributed by atoms with van der Waals surface area (Å²) in [5.41, 5.74) is 3.55. The number of ether oxygens (including phenoxy) is 3. The van der Waals surface area contributed by atoms with Crippen molar-refractivity contribution in [3.05, 3.63) is 75.2 Å². The van der Waals surface area contributed by atoms with Gasteiger partial charge < -0.3 is 29.3 Å². The van der Waals surface area contributed by atoms with E-state index in [2.05, 4.69) is 15.3 Å². The number of nitrogens with zero attached hydrogens (tertiary/aromatic N) is 6. The number of anilines is 2. The monoisotopic (exact) mass is 681 g/mol. The molecule has 0 spiro atoms. The van der Waals surface area contributed by atoms with Crippen LogP contribution < -0.4 is 24.6 Å². The van der Waals surface area contributed by atoms with Crippen molar-refractivity contribution < 1.29 is 28.3 Å². The van der Waals surface area contributed by atoms with Gasteiger partial charge in [-0.2, -0.15) is 0 Å². The van der Waals surface area contributed by atoms with Crippen LogP contribution in [0.3, 0.4) is 0 Å². The second kappa shape index (κ2) is 14.2. The van der Waals surface area contributed by atoms with Crippen LogP contribution in [0.15, 0.2) is 48.8 Å². The molecule has 6 rings (SSSR count). The van der Waals surface area contributed by atoms with Gasteiger partial charge in [0.1, 0.15) is 34.7 Å². The van der Waals surface area contributed by atoms with Gasteiger partial charge in [0.15, 0.2) is 5.65 Å². The Balaban J connectivity index is 1.13. The largest absolute Gasteiger partial charge is 0.497 e. The van der Waals surface area contributed by atoms with E-state index in [0.717, 1.165) is 5.56 Å². The molecule has 13 nitrogen and oxygen atoms in total. The molecule has 1 saturated heterocycles. The maximum Gasteiger partial charge on any atom is 0.328 e. The number of nitrogens with one attached hydrogen (secondary N) is 1. The molecule has 1 aliphatic carbocycles. The van der Waals surface area contributed by atoms with Crippen LogP contribution in [0.1, 0.15) is 36.8 Å². The highest BCUT2D eigenvalue weighted by Crippen LogP contribution is 2.33. The van der Waals surface area contributed by atoms with Crippen LogP contribution in [0.25, 0.3) is 11.2 Å². The normalized spacial score (nSPS) is 19.1. The maximum absolute atomic E-state index is 14.1. The van der Waals surface area contributed by atoms with E-state index >= 15 is 0 Å². The number of methoxy groups -OCH3 is 2. The predicted octanol–water partition coefficient (Wildman–Crippen LogP) is 5.89. The molecular formula is C33H37ClFN7O6. The van der Waals surface area contributed by atoms with E-state index < -0.39 is 17.1 Å². The van der Waals surface area contributed by atoms with Crippen molar-refractivity contribution in [3.63, 3.8) is 0 Å². The lowest BCUT2D eigenvalue weighted by Crippen LogP contribution is -2.52. The Morgan fingerprint density at radius 1 is 1.17 bits per heavy atom. The van der Waals surface area contributed by atoms with Crippen LogP contribution in [0.4, 0.5) is 26.2 Å². The number of hydrogen-bond acceptors (Lipinski definition) is 10. The molecule has 15 heteroatoms. The second-order valence-corrected chi connectivity index (χ2v) is 12.5. The van der Waals surface area contributed by atoms with E-state index in [9.17, 15) is 19.3 Å². The summed E-state index contributed by atoms with van der Waals surface area (Å²) < 4.78 is 32.4. The van der Waals surface area contributed by atoms with E-state index in [1.165, 1.54) is 23.0 Å². The number of hydrogen-bond donors (Lipinski definition) is 1. The van der Waals surface area contributed by atoms with Gasteiger partial charge in [0, 0.05) is 62.2 Å². The van der Waals surface area contributed by atoms with Gasteiger partial charge in [-0.15, -0.1) is 0 Å². The van der Waals surface area contributed by atoms with Gasteiger partial charge in [0.2, 0.25) is 0 Å². The quantitative estimate of drug-likeness (QED) is 0.116. The molecule has 0 bridgehead atoms.